The summed E-state index contributed by atoms with van der Waals surface area (Å²) in [6.07, 6.45) is 3.11. The highest BCUT2D eigenvalue weighted by molar-refractivity contribution is 5.94. The number of carbonyl (C=O) groups is 2. The zero-order valence-electron chi connectivity index (χ0n) is 13.9. The summed E-state index contributed by atoms with van der Waals surface area (Å²) in [4.78, 5) is 23.4. The van der Waals surface area contributed by atoms with Gasteiger partial charge in [0.2, 0.25) is 0 Å². The molecule has 124 valence electrons. The number of hydrogen-bond donors (Lipinski definition) is 1. The molecule has 0 bridgehead atoms. The molecule has 1 aliphatic heterocycles. The summed E-state index contributed by atoms with van der Waals surface area (Å²) in [7, 11) is 0. The number of aliphatic hydroxyl groups excluding tert-OH is 1. The quantitative estimate of drug-likeness (QED) is 0.792. The van der Waals surface area contributed by atoms with Crippen molar-refractivity contribution < 1.29 is 24.2 Å². The van der Waals surface area contributed by atoms with Crippen molar-refractivity contribution in [3.05, 3.63) is 34.6 Å². The molecule has 0 aromatic carbocycles. The molecule has 0 aromatic heterocycles. The Labute approximate surface area is 135 Å². The second-order valence-corrected chi connectivity index (χ2v) is 6.81. The lowest BCUT2D eigenvalue weighted by atomic mass is 9.60. The maximum Gasteiger partial charge on any atom is 0.339 e. The van der Waals surface area contributed by atoms with Crippen LogP contribution in [0.1, 0.15) is 40.5 Å². The molecule has 4 unspecified atom stereocenters. The van der Waals surface area contributed by atoms with E-state index in [9.17, 15) is 14.7 Å². The lowest BCUT2D eigenvalue weighted by molar-refractivity contribution is -0.155. The van der Waals surface area contributed by atoms with Crippen molar-refractivity contribution in [1.29, 1.82) is 0 Å². The van der Waals surface area contributed by atoms with Crippen molar-refractivity contribution >= 4 is 11.9 Å². The van der Waals surface area contributed by atoms with Gasteiger partial charge >= 0.3 is 11.9 Å². The van der Waals surface area contributed by atoms with E-state index < -0.39 is 12.2 Å². The average Bonchev–Trinajstić information content (AvgIpc) is 2.78. The van der Waals surface area contributed by atoms with Crippen LogP contribution in [-0.4, -0.2) is 29.3 Å². The van der Waals surface area contributed by atoms with Crippen LogP contribution in [0.3, 0.4) is 0 Å². The van der Waals surface area contributed by atoms with E-state index >= 15 is 0 Å². The summed E-state index contributed by atoms with van der Waals surface area (Å²) >= 11 is 0. The first-order valence-electron chi connectivity index (χ1n) is 8.01. The van der Waals surface area contributed by atoms with Gasteiger partial charge in [0, 0.05) is 23.0 Å². The number of hydrogen-bond acceptors (Lipinski definition) is 5. The Bertz CT molecular complexity index is 669. The van der Waals surface area contributed by atoms with E-state index in [1.54, 1.807) is 19.9 Å². The van der Waals surface area contributed by atoms with Crippen LogP contribution in [0.4, 0.5) is 0 Å². The van der Waals surface area contributed by atoms with Crippen molar-refractivity contribution in [2.45, 2.75) is 52.7 Å². The van der Waals surface area contributed by atoms with Gasteiger partial charge in [0.05, 0.1) is 6.10 Å². The fourth-order valence-corrected chi connectivity index (χ4v) is 3.60. The lowest BCUT2D eigenvalue weighted by Gasteiger charge is -2.47. The Morgan fingerprint density at radius 2 is 2.22 bits per heavy atom. The van der Waals surface area contributed by atoms with Gasteiger partial charge in [-0.25, -0.2) is 4.79 Å². The molecule has 0 saturated carbocycles. The zero-order valence-corrected chi connectivity index (χ0v) is 13.9. The lowest BCUT2D eigenvalue weighted by Crippen LogP contribution is -2.48. The number of ether oxygens (including phenoxy) is 2. The van der Waals surface area contributed by atoms with Gasteiger partial charge < -0.3 is 14.6 Å². The molecule has 0 saturated heterocycles. The number of rotatable bonds is 2. The minimum atomic E-state index is -0.770. The molecule has 4 atom stereocenters. The first kappa shape index (κ1) is 16.0. The first-order valence-corrected chi connectivity index (χ1v) is 8.01. The summed E-state index contributed by atoms with van der Waals surface area (Å²) < 4.78 is 10.7. The second kappa shape index (κ2) is 5.34. The first-order chi connectivity index (χ1) is 10.8. The minimum absolute atomic E-state index is 0.119. The highest BCUT2D eigenvalue weighted by atomic mass is 16.6. The highest BCUT2D eigenvalue weighted by Crippen LogP contribution is 2.53. The van der Waals surface area contributed by atoms with E-state index in [1.807, 2.05) is 13.0 Å². The minimum Gasteiger partial charge on any atom is -0.455 e. The van der Waals surface area contributed by atoms with E-state index in [-0.39, 0.29) is 29.7 Å². The summed E-state index contributed by atoms with van der Waals surface area (Å²) in [5.74, 6) is -0.184. The molecule has 3 aliphatic rings. The molecule has 2 aliphatic carbocycles. The van der Waals surface area contributed by atoms with Crippen LogP contribution in [0, 0.1) is 11.3 Å². The summed E-state index contributed by atoms with van der Waals surface area (Å²) in [6.45, 7) is 7.52. The number of fused-ring (bicyclic) bond motifs is 2. The van der Waals surface area contributed by atoms with Gasteiger partial charge in [-0.05, 0) is 37.0 Å². The number of aliphatic hydroxyl groups is 1. The van der Waals surface area contributed by atoms with Crippen molar-refractivity contribution in [2.24, 2.45) is 11.3 Å². The Morgan fingerprint density at radius 3 is 2.87 bits per heavy atom. The normalized spacial score (nSPS) is 35.9. The summed E-state index contributed by atoms with van der Waals surface area (Å²) in [5.41, 5.74) is 2.18. The molecule has 0 fully saturated rings. The van der Waals surface area contributed by atoms with Gasteiger partial charge in [0.1, 0.15) is 11.9 Å². The average molecular weight is 318 g/mol. The van der Waals surface area contributed by atoms with E-state index in [0.29, 0.717) is 17.8 Å². The van der Waals surface area contributed by atoms with Gasteiger partial charge in [-0.1, -0.05) is 20.8 Å². The molecule has 0 spiro atoms. The van der Waals surface area contributed by atoms with Crippen LogP contribution in [-0.2, 0) is 19.1 Å². The number of carbonyl (C=O) groups excluding carboxylic acids is 2. The van der Waals surface area contributed by atoms with Crippen LogP contribution < -0.4 is 0 Å². The Hall–Kier alpha value is -1.88. The fourth-order valence-electron chi connectivity index (χ4n) is 3.60. The van der Waals surface area contributed by atoms with Crippen molar-refractivity contribution in [3.8, 4) is 0 Å². The molecule has 5 heteroatoms. The number of allylic oxidation sites excluding steroid dienone is 3. The van der Waals surface area contributed by atoms with Crippen LogP contribution in [0.5, 0.6) is 0 Å². The molecule has 0 aromatic rings. The standard InChI is InChI=1S/C18H22O5/c1-5-15(19)22-14-7-11-6-13-12(9(2)17(21)23-13)8-18(11,4)10(3)16(14)20/h6-7,10,14,16,20H,5,8H2,1-4H3. The predicted molar refractivity (Wildman–Crippen MR) is 83.0 cm³/mol. The molecule has 0 radical (unpaired) electrons. The Kier molecular flexibility index (Phi) is 3.71. The Morgan fingerprint density at radius 1 is 1.52 bits per heavy atom. The Balaban J connectivity index is 2.04. The van der Waals surface area contributed by atoms with Gasteiger partial charge in [-0.3, -0.25) is 4.79 Å². The zero-order chi connectivity index (χ0) is 16.9. The molecule has 3 rings (SSSR count). The molecule has 1 heterocycles. The van der Waals surface area contributed by atoms with Gasteiger partial charge in [0.25, 0.3) is 0 Å². The topological polar surface area (TPSA) is 72.8 Å². The molecule has 23 heavy (non-hydrogen) atoms. The number of esters is 2. The van der Waals surface area contributed by atoms with Crippen molar-refractivity contribution in [2.75, 3.05) is 0 Å². The second-order valence-electron chi connectivity index (χ2n) is 6.81. The molecule has 5 nitrogen and oxygen atoms in total. The molecule has 0 amide bonds. The highest BCUT2D eigenvalue weighted by Gasteiger charge is 2.49. The van der Waals surface area contributed by atoms with Crippen molar-refractivity contribution in [1.82, 2.24) is 0 Å². The maximum atomic E-state index is 11.8. The largest absolute Gasteiger partial charge is 0.455 e. The van der Waals surface area contributed by atoms with E-state index in [1.165, 1.54) is 0 Å². The third-order valence-electron chi connectivity index (χ3n) is 5.50. The molecular weight excluding hydrogens is 296 g/mol. The molecule has 1 N–H and O–H groups in total. The van der Waals surface area contributed by atoms with E-state index in [2.05, 4.69) is 6.92 Å². The third-order valence-corrected chi connectivity index (χ3v) is 5.50. The fraction of sp³-hybridized carbons (Fsp3) is 0.556. The van der Waals surface area contributed by atoms with E-state index in [4.69, 9.17) is 9.47 Å². The predicted octanol–water partition coefficient (Wildman–Crippen LogP) is 2.41. The van der Waals surface area contributed by atoms with Crippen LogP contribution in [0.15, 0.2) is 34.6 Å². The van der Waals surface area contributed by atoms with Crippen molar-refractivity contribution in [3.63, 3.8) is 0 Å². The maximum absolute atomic E-state index is 11.8. The van der Waals surface area contributed by atoms with Crippen LogP contribution >= 0.6 is 0 Å². The van der Waals surface area contributed by atoms with Gasteiger partial charge in [-0.2, -0.15) is 0 Å². The van der Waals surface area contributed by atoms with Gasteiger partial charge in [-0.15, -0.1) is 0 Å². The van der Waals surface area contributed by atoms with E-state index in [0.717, 1.165) is 11.1 Å². The van der Waals surface area contributed by atoms with Crippen LogP contribution in [0.25, 0.3) is 0 Å². The SMILES string of the molecule is CCC(=O)OC1C=C2C=C3OC(=O)C(C)=C3CC2(C)C(C)C1O. The molecular formula is C18H22O5. The summed E-state index contributed by atoms with van der Waals surface area (Å²) in [6, 6.07) is 0. The monoisotopic (exact) mass is 318 g/mol. The van der Waals surface area contributed by atoms with Gasteiger partial charge in [0.15, 0.2) is 0 Å². The third kappa shape index (κ3) is 2.34. The van der Waals surface area contributed by atoms with Crippen LogP contribution in [0.2, 0.25) is 0 Å². The summed E-state index contributed by atoms with van der Waals surface area (Å²) in [5, 5.41) is 10.6. The smallest absolute Gasteiger partial charge is 0.339 e.